The average Bonchev–Trinajstić information content (AvgIpc) is 2.33. The second kappa shape index (κ2) is 5.64. The van der Waals surface area contributed by atoms with E-state index in [4.69, 9.17) is 4.74 Å². The molecule has 0 aromatic rings. The SMILES string of the molecule is O=C1COCCN1CC(O)C1CCCCC1. The third-order valence-corrected chi connectivity index (χ3v) is 3.69. The number of nitrogens with zero attached hydrogens (tertiary/aromatic N) is 1. The van der Waals surface area contributed by atoms with Crippen LogP contribution in [0.4, 0.5) is 0 Å². The third kappa shape index (κ3) is 2.95. The van der Waals surface area contributed by atoms with Crippen molar-refractivity contribution in [3.05, 3.63) is 0 Å². The highest BCUT2D eigenvalue weighted by Crippen LogP contribution is 2.26. The van der Waals surface area contributed by atoms with Crippen molar-refractivity contribution in [1.29, 1.82) is 0 Å². The van der Waals surface area contributed by atoms with Crippen molar-refractivity contribution >= 4 is 5.91 Å². The Morgan fingerprint density at radius 2 is 2.12 bits per heavy atom. The largest absolute Gasteiger partial charge is 0.391 e. The van der Waals surface area contributed by atoms with Crippen LogP contribution in [-0.4, -0.2) is 48.3 Å². The molecule has 92 valence electrons. The molecule has 1 N–H and O–H groups in total. The molecule has 4 nitrogen and oxygen atoms in total. The zero-order chi connectivity index (χ0) is 11.4. The molecule has 2 fully saturated rings. The first-order valence-corrected chi connectivity index (χ1v) is 6.31. The molecule has 2 aliphatic rings. The molecule has 1 aliphatic carbocycles. The van der Waals surface area contributed by atoms with Gasteiger partial charge in [0.25, 0.3) is 0 Å². The van der Waals surface area contributed by atoms with E-state index in [-0.39, 0.29) is 18.6 Å². The molecule has 1 heterocycles. The van der Waals surface area contributed by atoms with Crippen LogP contribution in [0.25, 0.3) is 0 Å². The minimum Gasteiger partial charge on any atom is -0.391 e. The van der Waals surface area contributed by atoms with Crippen LogP contribution in [0.5, 0.6) is 0 Å². The second-order valence-corrected chi connectivity index (χ2v) is 4.86. The van der Waals surface area contributed by atoms with E-state index < -0.39 is 0 Å². The molecule has 1 atom stereocenters. The number of rotatable bonds is 3. The molecule has 0 spiro atoms. The van der Waals surface area contributed by atoms with Crippen LogP contribution in [0.3, 0.4) is 0 Å². The third-order valence-electron chi connectivity index (χ3n) is 3.69. The zero-order valence-corrected chi connectivity index (χ0v) is 9.73. The first kappa shape index (κ1) is 11.9. The number of hydrogen-bond acceptors (Lipinski definition) is 3. The van der Waals surface area contributed by atoms with Gasteiger partial charge in [-0.1, -0.05) is 19.3 Å². The van der Waals surface area contributed by atoms with Crippen molar-refractivity contribution in [3.8, 4) is 0 Å². The van der Waals surface area contributed by atoms with Gasteiger partial charge in [-0.2, -0.15) is 0 Å². The summed E-state index contributed by atoms with van der Waals surface area (Å²) in [6.07, 6.45) is 5.61. The first-order valence-electron chi connectivity index (χ1n) is 6.31. The topological polar surface area (TPSA) is 49.8 Å². The lowest BCUT2D eigenvalue weighted by molar-refractivity contribution is -0.145. The van der Waals surface area contributed by atoms with Crippen LogP contribution in [0.15, 0.2) is 0 Å². The molecular formula is C12H21NO3. The van der Waals surface area contributed by atoms with Gasteiger partial charge in [-0.3, -0.25) is 4.79 Å². The van der Waals surface area contributed by atoms with Gasteiger partial charge in [-0.05, 0) is 18.8 Å². The van der Waals surface area contributed by atoms with E-state index in [1.54, 1.807) is 4.90 Å². The number of amides is 1. The standard InChI is InChI=1S/C12H21NO3/c14-11(10-4-2-1-3-5-10)8-13-6-7-16-9-12(13)15/h10-11,14H,1-9H2. The summed E-state index contributed by atoms with van der Waals surface area (Å²) in [7, 11) is 0. The van der Waals surface area contributed by atoms with E-state index in [1.807, 2.05) is 0 Å². The lowest BCUT2D eigenvalue weighted by Gasteiger charge is -2.33. The first-order chi connectivity index (χ1) is 7.77. The molecule has 1 aliphatic heterocycles. The number of carbonyl (C=O) groups excluding carboxylic acids is 1. The molecule has 1 amide bonds. The highest BCUT2D eigenvalue weighted by molar-refractivity contribution is 5.78. The second-order valence-electron chi connectivity index (χ2n) is 4.86. The smallest absolute Gasteiger partial charge is 0.248 e. The molecule has 0 radical (unpaired) electrons. The summed E-state index contributed by atoms with van der Waals surface area (Å²) in [5.41, 5.74) is 0. The number of β-amino-alcohol motifs (C(OH)–C–C–N with tert-alkyl or cyclic N) is 1. The molecular weight excluding hydrogens is 206 g/mol. The Balaban J connectivity index is 1.80. The molecule has 4 heteroatoms. The minimum atomic E-state index is -0.345. The zero-order valence-electron chi connectivity index (χ0n) is 9.73. The van der Waals surface area contributed by atoms with Crippen molar-refractivity contribution in [2.24, 2.45) is 5.92 Å². The number of aliphatic hydroxyl groups is 1. The summed E-state index contributed by atoms with van der Waals surface area (Å²) < 4.78 is 5.07. The number of aliphatic hydroxyl groups excluding tert-OH is 1. The van der Waals surface area contributed by atoms with Gasteiger partial charge in [0.2, 0.25) is 5.91 Å². The van der Waals surface area contributed by atoms with Crippen LogP contribution in [0.1, 0.15) is 32.1 Å². The normalized spacial score (nSPS) is 25.8. The van der Waals surface area contributed by atoms with Gasteiger partial charge < -0.3 is 14.7 Å². The number of hydrogen-bond donors (Lipinski definition) is 1. The van der Waals surface area contributed by atoms with Crippen molar-refractivity contribution in [1.82, 2.24) is 4.90 Å². The molecule has 0 aromatic carbocycles. The summed E-state index contributed by atoms with van der Waals surface area (Å²) in [6.45, 7) is 1.90. The van der Waals surface area contributed by atoms with Crippen molar-refractivity contribution in [3.63, 3.8) is 0 Å². The monoisotopic (exact) mass is 227 g/mol. The van der Waals surface area contributed by atoms with Gasteiger partial charge in [-0.25, -0.2) is 0 Å². The Morgan fingerprint density at radius 3 is 2.81 bits per heavy atom. The predicted octanol–water partition coefficient (Wildman–Crippen LogP) is 0.786. The Morgan fingerprint density at radius 1 is 1.38 bits per heavy atom. The van der Waals surface area contributed by atoms with Gasteiger partial charge in [0.05, 0.1) is 12.7 Å². The Bertz CT molecular complexity index is 238. The maximum Gasteiger partial charge on any atom is 0.248 e. The van der Waals surface area contributed by atoms with Crippen LogP contribution >= 0.6 is 0 Å². The summed E-state index contributed by atoms with van der Waals surface area (Å²) in [6, 6.07) is 0. The Hall–Kier alpha value is -0.610. The fourth-order valence-corrected chi connectivity index (χ4v) is 2.64. The fraction of sp³-hybridized carbons (Fsp3) is 0.917. The van der Waals surface area contributed by atoms with E-state index >= 15 is 0 Å². The number of carbonyl (C=O) groups is 1. The van der Waals surface area contributed by atoms with E-state index in [1.165, 1.54) is 19.3 Å². The van der Waals surface area contributed by atoms with Crippen LogP contribution < -0.4 is 0 Å². The summed E-state index contributed by atoms with van der Waals surface area (Å²) in [5, 5.41) is 10.1. The fourth-order valence-electron chi connectivity index (χ4n) is 2.64. The van der Waals surface area contributed by atoms with Crippen LogP contribution in [-0.2, 0) is 9.53 Å². The van der Waals surface area contributed by atoms with E-state index in [2.05, 4.69) is 0 Å². The Kier molecular flexibility index (Phi) is 4.18. The van der Waals surface area contributed by atoms with Gasteiger partial charge in [0, 0.05) is 13.1 Å². The van der Waals surface area contributed by atoms with Crippen LogP contribution in [0, 0.1) is 5.92 Å². The lowest BCUT2D eigenvalue weighted by Crippen LogP contribution is -2.46. The molecule has 1 saturated carbocycles. The summed E-state index contributed by atoms with van der Waals surface area (Å²) in [4.78, 5) is 13.2. The van der Waals surface area contributed by atoms with E-state index in [0.29, 0.717) is 25.6 Å². The lowest BCUT2D eigenvalue weighted by atomic mass is 9.85. The number of morpholine rings is 1. The average molecular weight is 227 g/mol. The minimum absolute atomic E-state index is 0.0149. The van der Waals surface area contributed by atoms with E-state index in [9.17, 15) is 9.90 Å². The molecule has 1 saturated heterocycles. The molecule has 16 heavy (non-hydrogen) atoms. The number of ether oxygens (including phenoxy) is 1. The van der Waals surface area contributed by atoms with E-state index in [0.717, 1.165) is 12.8 Å². The highest BCUT2D eigenvalue weighted by Gasteiger charge is 2.26. The summed E-state index contributed by atoms with van der Waals surface area (Å²) in [5.74, 6) is 0.408. The van der Waals surface area contributed by atoms with Crippen molar-refractivity contribution in [2.75, 3.05) is 26.3 Å². The summed E-state index contributed by atoms with van der Waals surface area (Å²) >= 11 is 0. The maximum absolute atomic E-state index is 11.5. The van der Waals surface area contributed by atoms with Gasteiger partial charge in [0.1, 0.15) is 6.61 Å². The molecule has 0 bridgehead atoms. The maximum atomic E-state index is 11.5. The van der Waals surface area contributed by atoms with Crippen LogP contribution in [0.2, 0.25) is 0 Å². The van der Waals surface area contributed by atoms with Gasteiger partial charge in [-0.15, -0.1) is 0 Å². The van der Waals surface area contributed by atoms with Gasteiger partial charge >= 0.3 is 0 Å². The molecule has 1 unspecified atom stereocenters. The highest BCUT2D eigenvalue weighted by atomic mass is 16.5. The Labute approximate surface area is 96.6 Å². The quantitative estimate of drug-likeness (QED) is 0.775. The van der Waals surface area contributed by atoms with Crippen molar-refractivity contribution in [2.45, 2.75) is 38.2 Å². The van der Waals surface area contributed by atoms with Gasteiger partial charge in [0.15, 0.2) is 0 Å². The molecule has 2 rings (SSSR count). The molecule has 0 aromatic heterocycles. The van der Waals surface area contributed by atoms with Crippen molar-refractivity contribution < 1.29 is 14.6 Å². The predicted molar refractivity (Wildman–Crippen MR) is 60.0 cm³/mol.